The maximum absolute atomic E-state index is 13.1. The second-order valence-corrected chi connectivity index (χ2v) is 2.91. The molecule has 0 radical (unpaired) electrons. The van der Waals surface area contributed by atoms with Crippen LogP contribution in [0.15, 0.2) is 18.2 Å². The average molecular weight is 213 g/mol. The van der Waals surface area contributed by atoms with Gasteiger partial charge in [-0.1, -0.05) is 6.07 Å². The molecule has 0 heterocycles. The Balaban J connectivity index is 2.86. The third-order valence-corrected chi connectivity index (χ3v) is 1.80. The zero-order valence-electron chi connectivity index (χ0n) is 8.07. The molecule has 0 spiro atoms. The molecule has 0 unspecified atom stereocenters. The summed E-state index contributed by atoms with van der Waals surface area (Å²) in [6.07, 6.45) is 0.593. The molecule has 1 aromatic carbocycles. The van der Waals surface area contributed by atoms with E-state index in [4.69, 9.17) is 15.6 Å². The van der Waals surface area contributed by atoms with Gasteiger partial charge in [0.2, 0.25) is 0 Å². The Morgan fingerprint density at radius 3 is 2.87 bits per heavy atom. The van der Waals surface area contributed by atoms with Crippen LogP contribution in [0, 0.1) is 5.82 Å². The topological polar surface area (TPSA) is 72.5 Å². The van der Waals surface area contributed by atoms with Crippen LogP contribution in [0.2, 0.25) is 0 Å². The Morgan fingerprint density at radius 1 is 1.53 bits per heavy atom. The van der Waals surface area contributed by atoms with Gasteiger partial charge in [-0.25, -0.2) is 9.18 Å². The Kier molecular flexibility index (Phi) is 4.05. The maximum atomic E-state index is 13.1. The number of hydrogen-bond donors (Lipinski definition) is 2. The summed E-state index contributed by atoms with van der Waals surface area (Å²) in [6, 6.07) is 3.90. The Morgan fingerprint density at radius 2 is 2.27 bits per heavy atom. The first-order valence-corrected chi connectivity index (χ1v) is 4.51. The molecule has 1 rings (SSSR count). The first-order valence-electron chi connectivity index (χ1n) is 4.51. The van der Waals surface area contributed by atoms with Gasteiger partial charge in [0.25, 0.3) is 0 Å². The van der Waals surface area contributed by atoms with Gasteiger partial charge in [-0.3, -0.25) is 0 Å². The van der Waals surface area contributed by atoms with Crippen LogP contribution in [0.3, 0.4) is 0 Å². The molecule has 0 aliphatic carbocycles. The van der Waals surface area contributed by atoms with Crippen molar-refractivity contribution in [3.8, 4) is 5.75 Å². The molecule has 0 amide bonds. The van der Waals surface area contributed by atoms with Crippen molar-refractivity contribution in [2.75, 3.05) is 13.2 Å². The summed E-state index contributed by atoms with van der Waals surface area (Å²) in [6.45, 7) is 0.720. The van der Waals surface area contributed by atoms with E-state index in [0.717, 1.165) is 6.07 Å². The molecule has 82 valence electrons. The Bertz CT molecular complexity index is 355. The minimum atomic E-state index is -1.34. The van der Waals surface area contributed by atoms with Crippen LogP contribution in [0.1, 0.15) is 16.8 Å². The van der Waals surface area contributed by atoms with Gasteiger partial charge in [0, 0.05) is 0 Å². The molecule has 1 aromatic rings. The first-order chi connectivity index (χ1) is 7.16. The quantitative estimate of drug-likeness (QED) is 0.722. The molecule has 0 aliphatic heterocycles. The van der Waals surface area contributed by atoms with Crippen molar-refractivity contribution < 1.29 is 19.0 Å². The number of nitrogens with two attached hydrogens (primary N) is 1. The van der Waals surface area contributed by atoms with Crippen molar-refractivity contribution in [1.82, 2.24) is 0 Å². The number of halogens is 1. The van der Waals surface area contributed by atoms with Crippen LogP contribution in [-0.4, -0.2) is 24.2 Å². The van der Waals surface area contributed by atoms with E-state index in [1.165, 1.54) is 12.1 Å². The molecule has 0 fully saturated rings. The fourth-order valence-corrected chi connectivity index (χ4v) is 1.10. The lowest BCUT2D eigenvalue weighted by molar-refractivity contribution is 0.0687. The van der Waals surface area contributed by atoms with Gasteiger partial charge in [0.1, 0.15) is 17.1 Å². The van der Waals surface area contributed by atoms with Gasteiger partial charge in [-0.2, -0.15) is 0 Å². The lowest BCUT2D eigenvalue weighted by Gasteiger charge is -2.08. The van der Waals surface area contributed by atoms with E-state index in [1.54, 1.807) is 0 Å². The number of hydrogen-bond acceptors (Lipinski definition) is 3. The van der Waals surface area contributed by atoms with E-state index in [2.05, 4.69) is 0 Å². The second kappa shape index (κ2) is 5.31. The van der Waals surface area contributed by atoms with E-state index in [-0.39, 0.29) is 12.4 Å². The third kappa shape index (κ3) is 2.92. The highest BCUT2D eigenvalue weighted by Crippen LogP contribution is 2.21. The summed E-state index contributed by atoms with van der Waals surface area (Å²) in [4.78, 5) is 10.7. The van der Waals surface area contributed by atoms with Crippen molar-refractivity contribution >= 4 is 5.97 Å². The van der Waals surface area contributed by atoms with Gasteiger partial charge in [0.15, 0.2) is 0 Å². The molecule has 0 bridgehead atoms. The molecule has 0 atom stereocenters. The standard InChI is InChI=1S/C10H12FNO3/c11-7-3-1-4-8(9(7)10(13)14)15-6-2-5-12/h1,3-4H,2,5-6,12H2,(H,13,14). The Hall–Kier alpha value is -1.62. The normalized spacial score (nSPS) is 10.0. The number of aromatic carboxylic acids is 1. The molecule has 15 heavy (non-hydrogen) atoms. The van der Waals surface area contributed by atoms with Crippen LogP contribution >= 0.6 is 0 Å². The van der Waals surface area contributed by atoms with Crippen LogP contribution in [0.25, 0.3) is 0 Å². The number of ether oxygens (including phenoxy) is 1. The largest absolute Gasteiger partial charge is 0.493 e. The van der Waals surface area contributed by atoms with Gasteiger partial charge >= 0.3 is 5.97 Å². The molecule has 0 saturated heterocycles. The number of carboxylic acid groups (broad SMARTS) is 1. The second-order valence-electron chi connectivity index (χ2n) is 2.91. The molecular weight excluding hydrogens is 201 g/mol. The number of rotatable bonds is 5. The third-order valence-electron chi connectivity index (χ3n) is 1.80. The highest BCUT2D eigenvalue weighted by atomic mass is 19.1. The fourth-order valence-electron chi connectivity index (χ4n) is 1.10. The maximum Gasteiger partial charge on any atom is 0.342 e. The van der Waals surface area contributed by atoms with Crippen molar-refractivity contribution in [3.63, 3.8) is 0 Å². The van der Waals surface area contributed by atoms with Gasteiger partial charge in [-0.05, 0) is 25.1 Å². The summed E-state index contributed by atoms with van der Waals surface area (Å²) >= 11 is 0. The van der Waals surface area contributed by atoms with Crippen molar-refractivity contribution in [3.05, 3.63) is 29.6 Å². The zero-order valence-corrected chi connectivity index (χ0v) is 8.07. The predicted octanol–water partition coefficient (Wildman–Crippen LogP) is 1.25. The summed E-state index contributed by atoms with van der Waals surface area (Å²) in [5.41, 5.74) is 4.81. The van der Waals surface area contributed by atoms with Gasteiger partial charge < -0.3 is 15.6 Å². The number of carboxylic acids is 1. The van der Waals surface area contributed by atoms with Gasteiger partial charge in [0.05, 0.1) is 6.61 Å². The van der Waals surface area contributed by atoms with Crippen LogP contribution in [0.4, 0.5) is 4.39 Å². The van der Waals surface area contributed by atoms with Crippen molar-refractivity contribution in [1.29, 1.82) is 0 Å². The highest BCUT2D eigenvalue weighted by molar-refractivity contribution is 5.91. The molecule has 0 aliphatic rings. The number of benzene rings is 1. The SMILES string of the molecule is NCCCOc1cccc(F)c1C(=O)O. The minimum absolute atomic E-state index is 0.0379. The molecule has 0 aromatic heterocycles. The van der Waals surface area contributed by atoms with E-state index >= 15 is 0 Å². The summed E-state index contributed by atoms with van der Waals surface area (Å²) in [5, 5.41) is 8.76. The summed E-state index contributed by atoms with van der Waals surface area (Å²) in [7, 11) is 0. The molecular formula is C10H12FNO3. The molecule has 4 nitrogen and oxygen atoms in total. The average Bonchev–Trinajstić information content (AvgIpc) is 2.17. The summed E-state index contributed by atoms with van der Waals surface area (Å²) in [5.74, 6) is -2.10. The predicted molar refractivity (Wildman–Crippen MR) is 52.5 cm³/mol. The monoisotopic (exact) mass is 213 g/mol. The van der Waals surface area contributed by atoms with E-state index in [9.17, 15) is 9.18 Å². The van der Waals surface area contributed by atoms with Crippen molar-refractivity contribution in [2.24, 2.45) is 5.73 Å². The van der Waals surface area contributed by atoms with Crippen LogP contribution < -0.4 is 10.5 Å². The van der Waals surface area contributed by atoms with E-state index in [1.807, 2.05) is 0 Å². The summed E-state index contributed by atoms with van der Waals surface area (Å²) < 4.78 is 18.2. The molecule has 5 heteroatoms. The first kappa shape index (κ1) is 11.5. The van der Waals surface area contributed by atoms with Crippen molar-refractivity contribution in [2.45, 2.75) is 6.42 Å². The number of carbonyl (C=O) groups is 1. The minimum Gasteiger partial charge on any atom is -0.493 e. The lowest BCUT2D eigenvalue weighted by Crippen LogP contribution is -2.10. The fraction of sp³-hybridized carbons (Fsp3) is 0.300. The van der Waals surface area contributed by atoms with Crippen LogP contribution in [0.5, 0.6) is 5.75 Å². The molecule has 3 N–H and O–H groups in total. The van der Waals surface area contributed by atoms with Gasteiger partial charge in [-0.15, -0.1) is 0 Å². The van der Waals surface area contributed by atoms with Crippen LogP contribution in [-0.2, 0) is 0 Å². The van der Waals surface area contributed by atoms with E-state index in [0.29, 0.717) is 13.0 Å². The highest BCUT2D eigenvalue weighted by Gasteiger charge is 2.16. The zero-order chi connectivity index (χ0) is 11.3. The Labute approximate surface area is 86.5 Å². The van der Waals surface area contributed by atoms with E-state index < -0.39 is 17.3 Å². The smallest absolute Gasteiger partial charge is 0.342 e. The lowest BCUT2D eigenvalue weighted by atomic mass is 10.2. The molecule has 0 saturated carbocycles.